The van der Waals surface area contributed by atoms with Crippen LogP contribution in [0.4, 0.5) is 8.78 Å². The lowest BCUT2D eigenvalue weighted by molar-refractivity contribution is -0.121. The van der Waals surface area contributed by atoms with Gasteiger partial charge in [-0.2, -0.15) is 0 Å². The lowest BCUT2D eigenvalue weighted by Gasteiger charge is -2.09. The van der Waals surface area contributed by atoms with Crippen molar-refractivity contribution in [2.45, 2.75) is 25.2 Å². The van der Waals surface area contributed by atoms with Crippen molar-refractivity contribution in [3.63, 3.8) is 0 Å². The van der Waals surface area contributed by atoms with Gasteiger partial charge in [0.05, 0.1) is 0 Å². The Morgan fingerprint density at radius 1 is 0.769 bits per heavy atom. The van der Waals surface area contributed by atoms with E-state index in [1.165, 1.54) is 0 Å². The molecule has 2 heterocycles. The van der Waals surface area contributed by atoms with Crippen LogP contribution >= 0.6 is 0 Å². The molecule has 2 aromatic carbocycles. The van der Waals surface area contributed by atoms with Gasteiger partial charge in [0.1, 0.15) is 18.1 Å². The van der Waals surface area contributed by atoms with Crippen LogP contribution in [0.3, 0.4) is 0 Å². The minimum Gasteiger partial charge on any atom is -0.361 e. The summed E-state index contributed by atoms with van der Waals surface area (Å²) in [7, 11) is 0. The molecule has 2 atom stereocenters. The highest BCUT2D eigenvalue weighted by molar-refractivity contribution is 5.87. The molecule has 2 aromatic heterocycles. The normalized spacial score (nSPS) is 13.9. The number of para-hydroxylation sites is 2. The van der Waals surface area contributed by atoms with E-state index in [4.69, 9.17) is 0 Å². The molecule has 0 saturated heterocycles. The summed E-state index contributed by atoms with van der Waals surface area (Å²) in [6.45, 7) is 0. The molecule has 132 valence electrons. The molecule has 0 amide bonds. The Labute approximate surface area is 149 Å². The number of alkyl halides is 2. The Hall–Kier alpha value is -2.95. The second-order valence-corrected chi connectivity index (χ2v) is 6.46. The van der Waals surface area contributed by atoms with Crippen LogP contribution in [-0.4, -0.2) is 15.8 Å². The first-order chi connectivity index (χ1) is 12.6. The summed E-state index contributed by atoms with van der Waals surface area (Å²) >= 11 is 0. The van der Waals surface area contributed by atoms with Gasteiger partial charge < -0.3 is 9.97 Å². The van der Waals surface area contributed by atoms with E-state index in [9.17, 15) is 13.6 Å². The summed E-state index contributed by atoms with van der Waals surface area (Å²) in [5, 5.41) is 1.50. The number of carbonyl (C=O) groups excluding carboxylic acids is 1. The highest BCUT2D eigenvalue weighted by atomic mass is 19.1. The number of hydrogen-bond acceptors (Lipinski definition) is 1. The maximum Gasteiger partial charge on any atom is 0.139 e. The van der Waals surface area contributed by atoms with Crippen LogP contribution in [0.1, 0.15) is 36.3 Å². The minimum atomic E-state index is -1.45. The zero-order valence-corrected chi connectivity index (χ0v) is 14.0. The number of Topliss-reactive ketones (excluding diaryl/α,β-unsaturated/α-hetero) is 1. The minimum absolute atomic E-state index is 0.329. The number of rotatable bonds is 6. The molecular formula is C21H18F2N2O. The van der Waals surface area contributed by atoms with Gasteiger partial charge >= 0.3 is 0 Å². The number of carbonyl (C=O) groups is 1. The fraction of sp³-hybridized carbons (Fsp3) is 0.190. The van der Waals surface area contributed by atoms with Crippen LogP contribution in [0, 0.1) is 0 Å². The van der Waals surface area contributed by atoms with Crippen molar-refractivity contribution in [3.05, 3.63) is 72.1 Å². The first-order valence-electron chi connectivity index (χ1n) is 8.55. The second kappa shape index (κ2) is 6.75. The van der Waals surface area contributed by atoms with Gasteiger partial charge in [-0.15, -0.1) is 0 Å². The zero-order chi connectivity index (χ0) is 18.1. The highest BCUT2D eigenvalue weighted by Crippen LogP contribution is 2.33. The van der Waals surface area contributed by atoms with Gasteiger partial charge in [-0.25, -0.2) is 8.78 Å². The molecular weight excluding hydrogens is 334 g/mol. The number of halogens is 2. The van der Waals surface area contributed by atoms with Crippen LogP contribution in [0.2, 0.25) is 0 Å². The molecule has 0 aliphatic carbocycles. The summed E-state index contributed by atoms with van der Waals surface area (Å²) in [5.74, 6) is -0.430. The number of H-pyrrole nitrogens is 2. The Balaban J connectivity index is 1.46. The van der Waals surface area contributed by atoms with Crippen LogP contribution in [0.15, 0.2) is 60.9 Å². The van der Waals surface area contributed by atoms with Crippen molar-refractivity contribution in [2.75, 3.05) is 0 Å². The third kappa shape index (κ3) is 3.01. The third-order valence-corrected chi connectivity index (χ3v) is 4.73. The molecule has 0 bridgehead atoms. The number of fused-ring (bicyclic) bond motifs is 2. The molecule has 0 aliphatic rings. The molecule has 4 rings (SSSR count). The van der Waals surface area contributed by atoms with Gasteiger partial charge in [-0.05, 0) is 12.1 Å². The predicted octanol–water partition coefficient (Wildman–Crippen LogP) is 5.72. The first-order valence-corrected chi connectivity index (χ1v) is 8.55. The maximum atomic E-state index is 14.6. The maximum absolute atomic E-state index is 14.6. The average Bonchev–Trinajstić information content (AvgIpc) is 3.26. The Morgan fingerprint density at radius 2 is 1.19 bits per heavy atom. The SMILES string of the molecule is O=C(CC(F)c1c[nH]c2ccccc12)CC(F)c1c[nH]c2ccccc12. The van der Waals surface area contributed by atoms with Gasteiger partial charge in [0.25, 0.3) is 0 Å². The predicted molar refractivity (Wildman–Crippen MR) is 98.5 cm³/mol. The fourth-order valence-electron chi connectivity index (χ4n) is 3.41. The third-order valence-electron chi connectivity index (χ3n) is 4.73. The van der Waals surface area contributed by atoms with E-state index < -0.39 is 18.1 Å². The van der Waals surface area contributed by atoms with Crippen molar-refractivity contribution in [1.29, 1.82) is 0 Å². The summed E-state index contributed by atoms with van der Waals surface area (Å²) in [4.78, 5) is 18.2. The largest absolute Gasteiger partial charge is 0.361 e. The van der Waals surface area contributed by atoms with Crippen LogP contribution < -0.4 is 0 Å². The number of ketones is 1. The summed E-state index contributed by atoms with van der Waals surface area (Å²) < 4.78 is 29.3. The van der Waals surface area contributed by atoms with Gasteiger partial charge in [-0.1, -0.05) is 36.4 Å². The molecule has 2 unspecified atom stereocenters. The average molecular weight is 352 g/mol. The van der Waals surface area contributed by atoms with Gasteiger partial charge in [0.15, 0.2) is 0 Å². The van der Waals surface area contributed by atoms with Crippen LogP contribution in [0.25, 0.3) is 21.8 Å². The van der Waals surface area contributed by atoms with Crippen LogP contribution in [-0.2, 0) is 4.79 Å². The van der Waals surface area contributed by atoms with E-state index in [2.05, 4.69) is 9.97 Å². The van der Waals surface area contributed by atoms with E-state index in [1.807, 2.05) is 48.5 Å². The number of aromatic amines is 2. The van der Waals surface area contributed by atoms with E-state index in [0.717, 1.165) is 21.8 Å². The van der Waals surface area contributed by atoms with Crippen molar-refractivity contribution >= 4 is 27.6 Å². The Bertz CT molecular complexity index is 982. The molecule has 0 aliphatic heterocycles. The lowest BCUT2D eigenvalue weighted by Crippen LogP contribution is -2.07. The molecule has 0 saturated carbocycles. The zero-order valence-electron chi connectivity index (χ0n) is 14.0. The summed E-state index contributed by atoms with van der Waals surface area (Å²) in [5.41, 5.74) is 2.52. The molecule has 0 radical (unpaired) electrons. The van der Waals surface area contributed by atoms with Crippen molar-refractivity contribution in [2.24, 2.45) is 0 Å². The van der Waals surface area contributed by atoms with Gasteiger partial charge in [-0.3, -0.25) is 4.79 Å². The Morgan fingerprint density at radius 3 is 1.65 bits per heavy atom. The van der Waals surface area contributed by atoms with Crippen molar-refractivity contribution < 1.29 is 13.6 Å². The van der Waals surface area contributed by atoms with E-state index in [-0.39, 0.29) is 12.8 Å². The Kier molecular flexibility index (Phi) is 4.29. The number of nitrogens with one attached hydrogen (secondary N) is 2. The van der Waals surface area contributed by atoms with E-state index in [1.54, 1.807) is 12.4 Å². The molecule has 4 aromatic rings. The van der Waals surface area contributed by atoms with Crippen molar-refractivity contribution in [1.82, 2.24) is 9.97 Å². The molecule has 3 nitrogen and oxygen atoms in total. The van der Waals surface area contributed by atoms with Crippen LogP contribution in [0.5, 0.6) is 0 Å². The molecule has 0 spiro atoms. The first kappa shape index (κ1) is 16.5. The molecule has 5 heteroatoms. The molecule has 2 N–H and O–H groups in total. The van der Waals surface area contributed by atoms with E-state index >= 15 is 0 Å². The topological polar surface area (TPSA) is 48.6 Å². The van der Waals surface area contributed by atoms with E-state index in [0.29, 0.717) is 11.1 Å². The summed E-state index contributed by atoms with van der Waals surface area (Å²) in [6.07, 6.45) is -0.401. The lowest BCUT2D eigenvalue weighted by atomic mass is 9.99. The number of hydrogen-bond donors (Lipinski definition) is 2. The quantitative estimate of drug-likeness (QED) is 0.458. The van der Waals surface area contributed by atoms with Crippen molar-refractivity contribution in [3.8, 4) is 0 Å². The monoisotopic (exact) mass is 352 g/mol. The second-order valence-electron chi connectivity index (χ2n) is 6.46. The molecule has 26 heavy (non-hydrogen) atoms. The standard InChI is InChI=1S/C21H18F2N2O/c22-18(16-11-24-20-7-3-1-5-14(16)20)9-13(26)10-19(23)17-12-25-21-8-4-2-6-15(17)21/h1-8,11-12,18-19,24-25H,9-10H2. The highest BCUT2D eigenvalue weighted by Gasteiger charge is 2.23. The van der Waals surface area contributed by atoms with Gasteiger partial charge in [0, 0.05) is 58.2 Å². The number of aromatic nitrogens is 2. The molecule has 0 fully saturated rings. The smallest absolute Gasteiger partial charge is 0.139 e. The fourth-order valence-corrected chi connectivity index (χ4v) is 3.41. The summed E-state index contributed by atoms with van der Waals surface area (Å²) in [6, 6.07) is 14.7. The van der Waals surface area contributed by atoms with Gasteiger partial charge in [0.2, 0.25) is 0 Å². The number of benzene rings is 2.